The summed E-state index contributed by atoms with van der Waals surface area (Å²) in [6.45, 7) is 17.4. The van der Waals surface area contributed by atoms with Gasteiger partial charge in [-0.25, -0.2) is 4.79 Å². The Balaban J connectivity index is -0.0000000832. The summed E-state index contributed by atoms with van der Waals surface area (Å²) in [4.78, 5) is 13.1. The number of rotatable bonds is 10. The van der Waals surface area contributed by atoms with Gasteiger partial charge in [-0.15, -0.1) is 0 Å². The normalized spacial score (nSPS) is 16.6. The zero-order valence-corrected chi connectivity index (χ0v) is 36.4. The molecular formula is C31H77BrN4O7S4. The number of alkyl carbamates (subject to hydrolysis) is 1. The van der Waals surface area contributed by atoms with E-state index in [1.807, 2.05) is 14.0 Å². The van der Waals surface area contributed by atoms with E-state index in [9.17, 15) is 4.79 Å². The first-order valence-corrected chi connectivity index (χ1v) is 16.9. The van der Waals surface area contributed by atoms with Crippen molar-refractivity contribution in [1.29, 1.82) is 0 Å². The molecule has 0 bridgehead atoms. The zero-order valence-electron chi connectivity index (χ0n) is 30.8. The van der Waals surface area contributed by atoms with Crippen LogP contribution in [-0.4, -0.2) is 127 Å². The third kappa shape index (κ3) is 69.4. The van der Waals surface area contributed by atoms with Crippen LogP contribution in [0.15, 0.2) is 0 Å². The first-order chi connectivity index (χ1) is 20.0. The first-order valence-electron chi connectivity index (χ1n) is 15.8. The molecule has 0 aromatic heterocycles. The molecule has 294 valence electrons. The van der Waals surface area contributed by atoms with Crippen LogP contribution in [0, 0.1) is 11.8 Å². The van der Waals surface area contributed by atoms with Gasteiger partial charge >= 0.3 is 6.09 Å². The van der Waals surface area contributed by atoms with Crippen LogP contribution >= 0.6 is 69.9 Å². The number of carbonyl (C=O) groups excluding carboxylic acids is 1. The Bertz CT molecular complexity index is 603. The minimum absolute atomic E-state index is 0. The molecular weight excluding hydrogens is 749 g/mol. The van der Waals surface area contributed by atoms with E-state index in [2.05, 4.69) is 38.5 Å². The van der Waals surface area contributed by atoms with E-state index in [1.54, 1.807) is 41.5 Å². The van der Waals surface area contributed by atoms with Crippen LogP contribution in [0.25, 0.3) is 0 Å². The largest absolute Gasteiger partial charge is 0.444 e. The lowest BCUT2D eigenvalue weighted by molar-refractivity contribution is 0.0498. The highest BCUT2D eigenvalue weighted by atomic mass is 79.9. The summed E-state index contributed by atoms with van der Waals surface area (Å²) in [6.07, 6.45) is 6.50. The molecule has 0 aromatic carbocycles. The van der Waals surface area contributed by atoms with Crippen molar-refractivity contribution in [2.45, 2.75) is 117 Å². The molecule has 0 aromatic rings. The predicted molar refractivity (Wildman–Crippen MR) is 222 cm³/mol. The van der Waals surface area contributed by atoms with Crippen LogP contribution in [0.3, 0.4) is 0 Å². The standard InChI is InChI=1S/C8H17NO3.C8H17NO.C4H7Br.C4H11NO.C4H8O.C3H9NO.4H2S/c1-6(10)5-9-7(11)12-8(2,3)4;1-7(10)5-9(2)6-8-3-4-8;5-3-4-1-2-4;1-4(6)3-5-2;1-2-4-5-3-1;1-3(5)2-4;;;;/h6,10H,5H2,1-4H3,(H,9,11);7-8,10H,3-6H2,1-2H3;4H,1-3H2;4-6H,3H2,1-2H3;1-4H2;3,5H,2,4H2,1H3;4*1H2/t6-;7-;;4-;;3-;;;;/m00.0.0..../s1. The molecule has 0 spiro atoms. The van der Waals surface area contributed by atoms with Gasteiger partial charge < -0.3 is 51.2 Å². The number of aliphatic hydroxyl groups excluding tert-OH is 4. The topological polar surface area (TPSA) is 170 Å². The fourth-order valence-electron chi connectivity index (χ4n) is 2.89. The van der Waals surface area contributed by atoms with Crippen molar-refractivity contribution in [3.05, 3.63) is 0 Å². The van der Waals surface area contributed by atoms with Gasteiger partial charge in [-0.1, -0.05) is 15.9 Å². The Morgan fingerprint density at radius 1 is 0.872 bits per heavy atom. The van der Waals surface area contributed by atoms with E-state index in [1.165, 1.54) is 50.4 Å². The van der Waals surface area contributed by atoms with Gasteiger partial charge in [0, 0.05) is 51.3 Å². The summed E-state index contributed by atoms with van der Waals surface area (Å²) >= 11 is 3.38. The first kappa shape index (κ1) is 62.9. The van der Waals surface area contributed by atoms with E-state index in [4.69, 9.17) is 35.6 Å². The third-order valence-electron chi connectivity index (χ3n) is 5.37. The Labute approximate surface area is 324 Å². The average Bonchev–Trinajstić information content (AvgIpc) is 3.82. The van der Waals surface area contributed by atoms with Gasteiger partial charge in [0.2, 0.25) is 0 Å². The van der Waals surface area contributed by atoms with Crippen LogP contribution in [0.4, 0.5) is 4.79 Å². The smallest absolute Gasteiger partial charge is 0.407 e. The average molecular weight is 826 g/mol. The highest BCUT2D eigenvalue weighted by Gasteiger charge is 2.22. The Morgan fingerprint density at radius 3 is 1.49 bits per heavy atom. The maximum absolute atomic E-state index is 10.9. The highest BCUT2D eigenvalue weighted by Crippen LogP contribution is 2.30. The Kier molecular flexibility index (Phi) is 55.2. The molecule has 16 heteroatoms. The fourth-order valence-corrected chi connectivity index (χ4v) is 3.54. The molecule has 3 aliphatic rings. The molecule has 1 amide bonds. The quantitative estimate of drug-likeness (QED) is 0.162. The monoisotopic (exact) mass is 824 g/mol. The molecule has 11 nitrogen and oxygen atoms in total. The van der Waals surface area contributed by atoms with E-state index >= 15 is 0 Å². The summed E-state index contributed by atoms with van der Waals surface area (Å²) in [6, 6.07) is 0. The lowest BCUT2D eigenvalue weighted by Gasteiger charge is -2.19. The van der Waals surface area contributed by atoms with Crippen LogP contribution in [-0.2, 0) is 9.47 Å². The van der Waals surface area contributed by atoms with E-state index in [-0.39, 0.29) is 78.8 Å². The Morgan fingerprint density at radius 2 is 1.30 bits per heavy atom. The second-order valence-corrected chi connectivity index (χ2v) is 13.3. The van der Waals surface area contributed by atoms with Crippen molar-refractivity contribution in [2.24, 2.45) is 17.6 Å². The Hall–Kier alpha value is 0.830. The number of nitrogens with two attached hydrogens (primary N) is 1. The van der Waals surface area contributed by atoms with Gasteiger partial charge in [0.05, 0.1) is 24.4 Å². The lowest BCUT2D eigenvalue weighted by Crippen LogP contribution is -2.36. The number of hydrogen-bond donors (Lipinski definition) is 7. The van der Waals surface area contributed by atoms with Crippen molar-refractivity contribution < 1.29 is 34.7 Å². The third-order valence-corrected chi connectivity index (χ3v) is 6.28. The van der Waals surface area contributed by atoms with Gasteiger partial charge in [0.25, 0.3) is 0 Å². The van der Waals surface area contributed by atoms with Crippen molar-refractivity contribution in [1.82, 2.24) is 15.5 Å². The van der Waals surface area contributed by atoms with Gasteiger partial charge in [-0.2, -0.15) is 54.0 Å². The molecule has 2 aliphatic carbocycles. The molecule has 1 heterocycles. The molecule has 8 N–H and O–H groups in total. The highest BCUT2D eigenvalue weighted by molar-refractivity contribution is 9.09. The number of amides is 1. The number of aliphatic hydroxyl groups is 4. The number of nitrogens with one attached hydrogen (secondary N) is 2. The maximum Gasteiger partial charge on any atom is 0.407 e. The van der Waals surface area contributed by atoms with E-state index < -0.39 is 17.8 Å². The number of hydrogen-bond acceptors (Lipinski definition) is 10. The minimum atomic E-state index is -0.544. The van der Waals surface area contributed by atoms with Crippen LogP contribution in [0.1, 0.15) is 87.0 Å². The summed E-state index contributed by atoms with van der Waals surface area (Å²) in [5, 5.41) is 41.0. The molecule has 1 aliphatic heterocycles. The molecule has 4 atom stereocenters. The zero-order chi connectivity index (χ0) is 33.8. The number of ether oxygens (including phenoxy) is 2. The van der Waals surface area contributed by atoms with Crippen LogP contribution in [0.5, 0.6) is 0 Å². The number of halogens is 1. The minimum Gasteiger partial charge on any atom is -0.444 e. The molecule has 47 heavy (non-hydrogen) atoms. The fraction of sp³-hybridized carbons (Fsp3) is 0.968. The number of likely N-dealkylation sites (N-methyl/N-ethyl adjacent to an activating group) is 2. The summed E-state index contributed by atoms with van der Waals surface area (Å²) in [7, 11) is 3.89. The summed E-state index contributed by atoms with van der Waals surface area (Å²) in [5.41, 5.74) is 4.44. The van der Waals surface area contributed by atoms with Gasteiger partial charge in [-0.3, -0.25) is 0 Å². The number of alkyl halides is 1. The van der Waals surface area contributed by atoms with Crippen LogP contribution in [0.2, 0.25) is 0 Å². The van der Waals surface area contributed by atoms with Crippen molar-refractivity contribution in [3.63, 3.8) is 0 Å². The lowest BCUT2D eigenvalue weighted by atomic mass is 10.2. The van der Waals surface area contributed by atoms with Crippen molar-refractivity contribution in [2.75, 3.05) is 65.4 Å². The molecule has 1 saturated heterocycles. The molecule has 2 saturated carbocycles. The van der Waals surface area contributed by atoms with E-state index in [0.717, 1.165) is 31.6 Å². The van der Waals surface area contributed by atoms with Crippen molar-refractivity contribution in [3.8, 4) is 0 Å². The molecule has 0 radical (unpaired) electrons. The maximum atomic E-state index is 10.9. The van der Waals surface area contributed by atoms with Gasteiger partial charge in [-0.05, 0) is 113 Å². The van der Waals surface area contributed by atoms with Gasteiger partial charge in [0.15, 0.2) is 0 Å². The second kappa shape index (κ2) is 41.3. The van der Waals surface area contributed by atoms with Crippen LogP contribution < -0.4 is 16.4 Å². The van der Waals surface area contributed by atoms with E-state index in [0.29, 0.717) is 13.1 Å². The molecule has 3 fully saturated rings. The summed E-state index contributed by atoms with van der Waals surface area (Å²) < 4.78 is 9.87. The number of nitrogens with zero attached hydrogens (tertiary/aromatic N) is 1. The molecule has 0 unspecified atom stereocenters. The molecule has 3 rings (SSSR count). The SMILES string of the molecule is BrCC1CC1.C1CCOC1.CNC[C@H](C)O.C[C@H](O)CN.C[C@H](O)CN(C)CC1CC1.C[C@H](O)CNC(=O)OC(C)(C)C.S.S.S.S. The number of carbonyl (C=O) groups is 1. The predicted octanol–water partition coefficient (Wildman–Crippen LogP) is 3.55. The van der Waals surface area contributed by atoms with Gasteiger partial charge in [0.1, 0.15) is 5.60 Å². The van der Waals surface area contributed by atoms with Crippen molar-refractivity contribution >= 4 is 76.0 Å². The second-order valence-electron chi connectivity index (χ2n) is 12.7. The summed E-state index contributed by atoms with van der Waals surface area (Å²) in [5.74, 6) is 1.98.